The fourth-order valence-electron chi connectivity index (χ4n) is 3.55. The zero-order chi connectivity index (χ0) is 22.8. The average Bonchev–Trinajstić information content (AvgIpc) is 3.21. The Morgan fingerprint density at radius 3 is 2.84 bits per heavy atom. The summed E-state index contributed by atoms with van der Waals surface area (Å²) in [5, 5.41) is 23.0. The van der Waals surface area contributed by atoms with Gasteiger partial charge in [0.05, 0.1) is 46.0 Å². The number of imidazole rings is 1. The van der Waals surface area contributed by atoms with Gasteiger partial charge in [-0.15, -0.1) is 0 Å². The van der Waals surface area contributed by atoms with Crippen LogP contribution in [0.2, 0.25) is 0 Å². The van der Waals surface area contributed by atoms with Crippen molar-refractivity contribution >= 4 is 32.7 Å². The third kappa shape index (κ3) is 4.10. The maximum atomic E-state index is 12.7. The lowest BCUT2D eigenvalue weighted by atomic mass is 10.1. The molecule has 0 saturated carbocycles. The second-order valence-electron chi connectivity index (χ2n) is 7.27. The first-order valence-corrected chi connectivity index (χ1v) is 10.6. The Bertz CT molecular complexity index is 1400. The zero-order valence-electron chi connectivity index (χ0n) is 17.4. The van der Waals surface area contributed by atoms with Crippen molar-refractivity contribution in [2.75, 3.05) is 19.0 Å². The van der Waals surface area contributed by atoms with Gasteiger partial charge in [-0.25, -0.2) is 4.98 Å². The van der Waals surface area contributed by atoms with Gasteiger partial charge in [0.25, 0.3) is 5.56 Å². The molecule has 0 fully saturated rings. The molecule has 4 N–H and O–H groups in total. The summed E-state index contributed by atoms with van der Waals surface area (Å²) in [4.78, 5) is 23.1. The number of nitriles is 1. The van der Waals surface area contributed by atoms with E-state index in [1.165, 1.54) is 6.20 Å². The molecular formula is C23H20BrN5O3. The van der Waals surface area contributed by atoms with Crippen LogP contribution in [0.3, 0.4) is 0 Å². The molecule has 2 heterocycles. The predicted molar refractivity (Wildman–Crippen MR) is 126 cm³/mol. The first-order valence-electron chi connectivity index (χ1n) is 9.79. The van der Waals surface area contributed by atoms with Gasteiger partial charge >= 0.3 is 0 Å². The number of aliphatic hydroxyl groups is 1. The SMILES string of the molecule is COc1ccc(C(O)CNc2cc[nH]c(=O)c2-c2nc3c(C)cc(C#N)cc3[nH]2)cc1Br. The third-order valence-corrected chi connectivity index (χ3v) is 5.77. The number of ether oxygens (including phenoxy) is 1. The van der Waals surface area contributed by atoms with Crippen molar-refractivity contribution in [1.29, 1.82) is 5.26 Å². The van der Waals surface area contributed by atoms with Crippen molar-refractivity contribution in [2.45, 2.75) is 13.0 Å². The van der Waals surface area contributed by atoms with E-state index in [-0.39, 0.29) is 12.1 Å². The summed E-state index contributed by atoms with van der Waals surface area (Å²) in [6, 6.07) is 12.6. The number of anilines is 1. The molecule has 0 bridgehead atoms. The minimum atomic E-state index is -0.819. The van der Waals surface area contributed by atoms with Crippen LogP contribution in [0.1, 0.15) is 22.8 Å². The fourth-order valence-corrected chi connectivity index (χ4v) is 4.11. The summed E-state index contributed by atoms with van der Waals surface area (Å²) in [6.07, 6.45) is 0.715. The topological polar surface area (TPSA) is 127 Å². The number of aryl methyl sites for hydroxylation is 1. The van der Waals surface area contributed by atoms with E-state index in [0.29, 0.717) is 45.0 Å². The number of H-pyrrole nitrogens is 2. The Hall–Kier alpha value is -3.61. The molecule has 162 valence electrons. The van der Waals surface area contributed by atoms with E-state index in [0.717, 1.165) is 10.0 Å². The number of rotatable bonds is 6. The Labute approximate surface area is 192 Å². The Morgan fingerprint density at radius 1 is 1.31 bits per heavy atom. The van der Waals surface area contributed by atoms with Crippen molar-refractivity contribution in [1.82, 2.24) is 15.0 Å². The van der Waals surface area contributed by atoms with E-state index in [2.05, 4.69) is 42.3 Å². The third-order valence-electron chi connectivity index (χ3n) is 5.15. The van der Waals surface area contributed by atoms with Gasteiger partial charge in [0.15, 0.2) is 0 Å². The summed E-state index contributed by atoms with van der Waals surface area (Å²) in [6.45, 7) is 2.04. The van der Waals surface area contributed by atoms with E-state index >= 15 is 0 Å². The zero-order valence-corrected chi connectivity index (χ0v) is 18.9. The average molecular weight is 494 g/mol. The highest BCUT2D eigenvalue weighted by Crippen LogP contribution is 2.29. The minimum absolute atomic E-state index is 0.174. The van der Waals surface area contributed by atoms with E-state index in [9.17, 15) is 15.2 Å². The number of aliphatic hydroxyl groups excluding tert-OH is 1. The van der Waals surface area contributed by atoms with E-state index < -0.39 is 6.10 Å². The van der Waals surface area contributed by atoms with Crippen LogP contribution in [0.5, 0.6) is 5.75 Å². The molecule has 2 aromatic heterocycles. The van der Waals surface area contributed by atoms with E-state index in [4.69, 9.17) is 4.74 Å². The van der Waals surface area contributed by atoms with Gasteiger partial charge in [-0.3, -0.25) is 4.79 Å². The lowest BCUT2D eigenvalue weighted by molar-refractivity contribution is 0.191. The molecule has 8 nitrogen and oxygen atoms in total. The number of benzene rings is 2. The van der Waals surface area contributed by atoms with Crippen molar-refractivity contribution < 1.29 is 9.84 Å². The summed E-state index contributed by atoms with van der Waals surface area (Å²) in [5.74, 6) is 1.05. The smallest absolute Gasteiger partial charge is 0.261 e. The van der Waals surface area contributed by atoms with Gasteiger partial charge in [-0.1, -0.05) is 6.07 Å². The molecule has 2 aromatic carbocycles. The van der Waals surface area contributed by atoms with Crippen LogP contribution in [0.15, 0.2) is 51.9 Å². The molecule has 1 unspecified atom stereocenters. The molecule has 0 amide bonds. The number of aromatic amines is 2. The number of halogens is 1. The molecule has 32 heavy (non-hydrogen) atoms. The molecule has 0 saturated heterocycles. The quantitative estimate of drug-likeness (QED) is 0.321. The van der Waals surface area contributed by atoms with Crippen molar-refractivity contribution in [3.8, 4) is 23.2 Å². The molecular weight excluding hydrogens is 474 g/mol. The van der Waals surface area contributed by atoms with Crippen LogP contribution < -0.4 is 15.6 Å². The summed E-state index contributed by atoms with van der Waals surface area (Å²) in [7, 11) is 1.58. The Balaban J connectivity index is 1.65. The van der Waals surface area contributed by atoms with Crippen LogP contribution >= 0.6 is 15.9 Å². The molecule has 4 aromatic rings. The first kappa shape index (κ1) is 21.6. The number of hydrogen-bond donors (Lipinski definition) is 4. The number of pyridine rings is 1. The molecule has 1 atom stereocenters. The predicted octanol–water partition coefficient (Wildman–Crippen LogP) is 4.01. The van der Waals surface area contributed by atoms with Gasteiger partial charge in [-0.05, 0) is 64.3 Å². The van der Waals surface area contributed by atoms with Crippen LogP contribution in [-0.4, -0.2) is 33.7 Å². The minimum Gasteiger partial charge on any atom is -0.496 e. The second kappa shape index (κ2) is 8.86. The monoisotopic (exact) mass is 493 g/mol. The standard InChI is InChI=1S/C23H20BrN5O3/c1-12-7-13(10-25)8-17-21(12)29-22(28-17)20-16(5-6-26-23(20)31)27-11-18(30)14-3-4-19(32-2)15(24)9-14/h3-9,18,30H,11H2,1-2H3,(H,28,29)(H2,26,27,31). The summed E-state index contributed by atoms with van der Waals surface area (Å²) < 4.78 is 5.96. The highest BCUT2D eigenvalue weighted by atomic mass is 79.9. The molecule has 0 aliphatic carbocycles. The maximum absolute atomic E-state index is 12.7. The highest BCUT2D eigenvalue weighted by Gasteiger charge is 2.17. The number of nitrogens with zero attached hydrogens (tertiary/aromatic N) is 2. The molecule has 0 aliphatic heterocycles. The molecule has 4 rings (SSSR count). The van der Waals surface area contributed by atoms with Crippen molar-refractivity contribution in [3.05, 3.63) is 74.1 Å². The van der Waals surface area contributed by atoms with E-state index in [1.807, 2.05) is 6.92 Å². The first-order chi connectivity index (χ1) is 15.4. The number of fused-ring (bicyclic) bond motifs is 1. The largest absolute Gasteiger partial charge is 0.496 e. The molecule has 0 aliphatic rings. The summed E-state index contributed by atoms with van der Waals surface area (Å²) in [5.41, 5.74) is 3.93. The lowest BCUT2D eigenvalue weighted by Gasteiger charge is -2.16. The Morgan fingerprint density at radius 2 is 2.12 bits per heavy atom. The van der Waals surface area contributed by atoms with Crippen molar-refractivity contribution in [2.24, 2.45) is 0 Å². The molecule has 0 spiro atoms. The van der Waals surface area contributed by atoms with Crippen LogP contribution in [-0.2, 0) is 0 Å². The van der Waals surface area contributed by atoms with Gasteiger partial charge in [0.1, 0.15) is 17.1 Å². The lowest BCUT2D eigenvalue weighted by Crippen LogP contribution is -2.17. The maximum Gasteiger partial charge on any atom is 0.261 e. The van der Waals surface area contributed by atoms with Crippen LogP contribution in [0.4, 0.5) is 5.69 Å². The molecule has 0 radical (unpaired) electrons. The van der Waals surface area contributed by atoms with Gasteiger partial charge in [0, 0.05) is 12.7 Å². The van der Waals surface area contributed by atoms with Gasteiger partial charge < -0.3 is 25.1 Å². The number of aromatic nitrogens is 3. The van der Waals surface area contributed by atoms with Crippen LogP contribution in [0.25, 0.3) is 22.4 Å². The number of hydrogen-bond acceptors (Lipinski definition) is 6. The molecule has 9 heteroatoms. The Kier molecular flexibility index (Phi) is 5.99. The normalized spacial score (nSPS) is 11.8. The number of methoxy groups -OCH3 is 1. The van der Waals surface area contributed by atoms with Crippen molar-refractivity contribution in [3.63, 3.8) is 0 Å². The van der Waals surface area contributed by atoms with Gasteiger partial charge in [-0.2, -0.15) is 5.26 Å². The fraction of sp³-hybridized carbons (Fsp3) is 0.174. The highest BCUT2D eigenvalue weighted by molar-refractivity contribution is 9.10. The van der Waals surface area contributed by atoms with E-state index in [1.54, 1.807) is 43.5 Å². The van der Waals surface area contributed by atoms with Crippen LogP contribution in [0, 0.1) is 18.3 Å². The number of nitrogens with one attached hydrogen (secondary N) is 3. The van der Waals surface area contributed by atoms with Gasteiger partial charge in [0.2, 0.25) is 0 Å². The second-order valence-corrected chi connectivity index (χ2v) is 8.13. The summed E-state index contributed by atoms with van der Waals surface area (Å²) >= 11 is 3.42.